The molecule has 2 rings (SSSR count). The van der Waals surface area contributed by atoms with Crippen molar-refractivity contribution in [2.24, 2.45) is 5.41 Å². The molecule has 1 aromatic carbocycles. The normalized spacial score (nSPS) is 24.9. The lowest BCUT2D eigenvalue weighted by Crippen LogP contribution is -2.44. The van der Waals surface area contributed by atoms with Crippen molar-refractivity contribution < 1.29 is 13.9 Å². The van der Waals surface area contributed by atoms with Gasteiger partial charge in [0.2, 0.25) is 0 Å². The Morgan fingerprint density at radius 3 is 2.82 bits per heavy atom. The summed E-state index contributed by atoms with van der Waals surface area (Å²) in [5.74, 6) is -0.831. The standard InChI is InChI=1S/C13H17F2NO/c14-11-2-3-12(15)10(6-11)7-13(9-17)4-1-5-16-8-13/h2-3,6,16-17H,1,4-5,7-9H2. The molecule has 1 aliphatic heterocycles. The number of aliphatic hydroxyl groups is 1. The molecule has 94 valence electrons. The average Bonchev–Trinajstić information content (AvgIpc) is 2.35. The van der Waals surface area contributed by atoms with E-state index < -0.39 is 11.6 Å². The van der Waals surface area contributed by atoms with Gasteiger partial charge in [-0.2, -0.15) is 0 Å². The van der Waals surface area contributed by atoms with E-state index in [4.69, 9.17) is 0 Å². The smallest absolute Gasteiger partial charge is 0.126 e. The third-order valence-corrected chi connectivity index (χ3v) is 3.47. The Morgan fingerprint density at radius 1 is 1.35 bits per heavy atom. The molecule has 0 saturated carbocycles. The monoisotopic (exact) mass is 241 g/mol. The van der Waals surface area contributed by atoms with E-state index in [1.165, 1.54) is 6.07 Å². The Kier molecular flexibility index (Phi) is 3.74. The fourth-order valence-corrected chi connectivity index (χ4v) is 2.45. The minimum atomic E-state index is -0.432. The molecular weight excluding hydrogens is 224 g/mol. The van der Waals surface area contributed by atoms with Crippen LogP contribution in [0.1, 0.15) is 18.4 Å². The summed E-state index contributed by atoms with van der Waals surface area (Å²) in [6.07, 6.45) is 2.17. The molecule has 1 atom stereocenters. The van der Waals surface area contributed by atoms with Crippen molar-refractivity contribution in [3.05, 3.63) is 35.4 Å². The fraction of sp³-hybridized carbons (Fsp3) is 0.538. The lowest BCUT2D eigenvalue weighted by Gasteiger charge is -2.36. The van der Waals surface area contributed by atoms with Crippen LogP contribution < -0.4 is 5.32 Å². The maximum Gasteiger partial charge on any atom is 0.126 e. The Hall–Kier alpha value is -1.00. The molecule has 4 heteroatoms. The van der Waals surface area contributed by atoms with Crippen LogP contribution in [0.3, 0.4) is 0 Å². The molecule has 1 unspecified atom stereocenters. The number of benzene rings is 1. The summed E-state index contributed by atoms with van der Waals surface area (Å²) in [5, 5.41) is 12.7. The highest BCUT2D eigenvalue weighted by atomic mass is 19.1. The Bertz CT molecular complexity index is 389. The first kappa shape index (κ1) is 12.5. The Labute approximate surface area is 99.7 Å². The molecule has 1 aliphatic rings. The highest BCUT2D eigenvalue weighted by Gasteiger charge is 2.32. The van der Waals surface area contributed by atoms with E-state index in [9.17, 15) is 13.9 Å². The third kappa shape index (κ3) is 2.82. The highest BCUT2D eigenvalue weighted by molar-refractivity contribution is 5.20. The van der Waals surface area contributed by atoms with E-state index in [2.05, 4.69) is 5.32 Å². The number of piperidine rings is 1. The molecule has 2 nitrogen and oxygen atoms in total. The van der Waals surface area contributed by atoms with Crippen molar-refractivity contribution in [1.82, 2.24) is 5.32 Å². The van der Waals surface area contributed by atoms with Gasteiger partial charge in [0.05, 0.1) is 6.61 Å². The molecule has 2 N–H and O–H groups in total. The van der Waals surface area contributed by atoms with Crippen LogP contribution in [0.15, 0.2) is 18.2 Å². The second-order valence-electron chi connectivity index (χ2n) is 4.85. The zero-order chi connectivity index (χ0) is 12.3. The lowest BCUT2D eigenvalue weighted by atomic mass is 9.76. The minimum Gasteiger partial charge on any atom is -0.396 e. The molecule has 0 amide bonds. The van der Waals surface area contributed by atoms with Crippen LogP contribution in [0.4, 0.5) is 8.78 Å². The van der Waals surface area contributed by atoms with Crippen LogP contribution >= 0.6 is 0 Å². The summed E-state index contributed by atoms with van der Waals surface area (Å²) in [7, 11) is 0. The fourth-order valence-electron chi connectivity index (χ4n) is 2.45. The predicted octanol–water partition coefficient (Wildman–Crippen LogP) is 1.87. The van der Waals surface area contributed by atoms with Gasteiger partial charge in [0, 0.05) is 12.0 Å². The van der Waals surface area contributed by atoms with Crippen LogP contribution in [0, 0.1) is 17.0 Å². The topological polar surface area (TPSA) is 32.3 Å². The van der Waals surface area contributed by atoms with Crippen molar-refractivity contribution >= 4 is 0 Å². The largest absolute Gasteiger partial charge is 0.396 e. The number of rotatable bonds is 3. The number of aliphatic hydroxyl groups excluding tert-OH is 1. The molecule has 0 spiro atoms. The van der Waals surface area contributed by atoms with Gasteiger partial charge in [-0.15, -0.1) is 0 Å². The second kappa shape index (κ2) is 5.10. The number of hydrogen-bond donors (Lipinski definition) is 2. The van der Waals surface area contributed by atoms with Gasteiger partial charge in [-0.25, -0.2) is 8.78 Å². The molecule has 0 bridgehead atoms. The molecule has 17 heavy (non-hydrogen) atoms. The second-order valence-corrected chi connectivity index (χ2v) is 4.85. The first-order chi connectivity index (χ1) is 8.15. The summed E-state index contributed by atoms with van der Waals surface area (Å²) >= 11 is 0. The van der Waals surface area contributed by atoms with Gasteiger partial charge in [-0.05, 0) is 49.6 Å². The van der Waals surface area contributed by atoms with Gasteiger partial charge in [0.15, 0.2) is 0 Å². The zero-order valence-corrected chi connectivity index (χ0v) is 9.68. The number of hydrogen-bond acceptors (Lipinski definition) is 2. The van der Waals surface area contributed by atoms with E-state index in [1.54, 1.807) is 0 Å². The molecule has 0 aliphatic carbocycles. The molecule has 0 radical (unpaired) electrons. The number of nitrogens with one attached hydrogen (secondary N) is 1. The maximum atomic E-state index is 13.6. The molecule has 0 aromatic heterocycles. The van der Waals surface area contributed by atoms with Crippen molar-refractivity contribution in [2.75, 3.05) is 19.7 Å². The maximum absolute atomic E-state index is 13.6. The Balaban J connectivity index is 2.20. The van der Waals surface area contributed by atoms with Crippen LogP contribution in [0.5, 0.6) is 0 Å². The number of halogens is 2. The van der Waals surface area contributed by atoms with E-state index >= 15 is 0 Å². The molecule has 1 heterocycles. The average molecular weight is 241 g/mol. The van der Waals surface area contributed by atoms with Gasteiger partial charge in [-0.3, -0.25) is 0 Å². The van der Waals surface area contributed by atoms with Crippen LogP contribution in [-0.2, 0) is 6.42 Å². The summed E-state index contributed by atoms with van der Waals surface area (Å²) < 4.78 is 26.6. The minimum absolute atomic E-state index is 0.00401. The van der Waals surface area contributed by atoms with Crippen molar-refractivity contribution in [3.8, 4) is 0 Å². The van der Waals surface area contributed by atoms with E-state index in [0.717, 1.165) is 31.5 Å². The first-order valence-electron chi connectivity index (χ1n) is 5.91. The summed E-state index contributed by atoms with van der Waals surface area (Å²) in [4.78, 5) is 0. The van der Waals surface area contributed by atoms with E-state index in [0.29, 0.717) is 18.5 Å². The summed E-state index contributed by atoms with van der Waals surface area (Å²) in [5.41, 5.74) is -0.00451. The van der Waals surface area contributed by atoms with Crippen LogP contribution in [-0.4, -0.2) is 24.8 Å². The molecule has 1 fully saturated rings. The summed E-state index contributed by atoms with van der Waals surface area (Å²) in [6.45, 7) is 1.57. The van der Waals surface area contributed by atoms with Gasteiger partial charge in [-0.1, -0.05) is 0 Å². The quantitative estimate of drug-likeness (QED) is 0.846. The molecule has 1 aromatic rings. The van der Waals surface area contributed by atoms with Gasteiger partial charge >= 0.3 is 0 Å². The Morgan fingerprint density at radius 2 is 2.18 bits per heavy atom. The molecular formula is C13H17F2NO. The summed E-state index contributed by atoms with van der Waals surface area (Å²) in [6, 6.07) is 3.48. The van der Waals surface area contributed by atoms with Crippen molar-refractivity contribution in [2.45, 2.75) is 19.3 Å². The van der Waals surface area contributed by atoms with Crippen LogP contribution in [0.2, 0.25) is 0 Å². The first-order valence-corrected chi connectivity index (χ1v) is 5.91. The lowest BCUT2D eigenvalue weighted by molar-refractivity contribution is 0.0938. The third-order valence-electron chi connectivity index (χ3n) is 3.47. The van der Waals surface area contributed by atoms with Gasteiger partial charge in [0.1, 0.15) is 11.6 Å². The molecule has 1 saturated heterocycles. The van der Waals surface area contributed by atoms with E-state index in [1.807, 2.05) is 0 Å². The zero-order valence-electron chi connectivity index (χ0n) is 9.68. The van der Waals surface area contributed by atoms with Crippen molar-refractivity contribution in [1.29, 1.82) is 0 Å². The highest BCUT2D eigenvalue weighted by Crippen LogP contribution is 2.31. The van der Waals surface area contributed by atoms with Gasteiger partial charge in [0.25, 0.3) is 0 Å². The predicted molar refractivity (Wildman–Crippen MR) is 61.7 cm³/mol. The SMILES string of the molecule is OCC1(Cc2cc(F)ccc2F)CCCNC1. The van der Waals surface area contributed by atoms with Crippen molar-refractivity contribution in [3.63, 3.8) is 0 Å². The van der Waals surface area contributed by atoms with E-state index in [-0.39, 0.29) is 12.0 Å². The van der Waals surface area contributed by atoms with Crippen LogP contribution in [0.25, 0.3) is 0 Å². The van der Waals surface area contributed by atoms with Gasteiger partial charge < -0.3 is 10.4 Å².